The zero-order valence-electron chi connectivity index (χ0n) is 4.76. The Balaban J connectivity index is 3.41. The second-order valence-corrected chi connectivity index (χ2v) is 1.42. The van der Waals surface area contributed by atoms with Crippen molar-refractivity contribution < 1.29 is 0 Å². The van der Waals surface area contributed by atoms with Gasteiger partial charge in [0.1, 0.15) is 0 Å². The first-order valence-corrected chi connectivity index (χ1v) is 2.33. The summed E-state index contributed by atoms with van der Waals surface area (Å²) in [4.78, 5) is 21.0. The molecular formula is C3H6N4O2. The van der Waals surface area contributed by atoms with Gasteiger partial charge in [-0.05, 0) is 0 Å². The Morgan fingerprint density at radius 2 is 1.78 bits per heavy atom. The Bertz CT molecular complexity index is 264. The van der Waals surface area contributed by atoms with Gasteiger partial charge in [0.15, 0.2) is 0 Å². The van der Waals surface area contributed by atoms with Gasteiger partial charge in [-0.25, -0.2) is 19.8 Å². The average Bonchev–Trinajstić information content (AvgIpc) is 2.12. The molecule has 1 aromatic rings. The van der Waals surface area contributed by atoms with Crippen LogP contribution in [-0.2, 0) is 0 Å². The number of aromatic nitrogens is 3. The van der Waals surface area contributed by atoms with Crippen LogP contribution in [0.25, 0.3) is 0 Å². The third-order valence-electron chi connectivity index (χ3n) is 0.906. The van der Waals surface area contributed by atoms with Crippen LogP contribution in [0.4, 0.5) is 0 Å². The van der Waals surface area contributed by atoms with Gasteiger partial charge in [0.25, 0.3) is 0 Å². The normalized spacial score (nSPS) is 9.44. The fraction of sp³-hybridized carbons (Fsp3) is 0.333. The van der Waals surface area contributed by atoms with Crippen molar-refractivity contribution in [2.75, 3.05) is 12.5 Å². The van der Waals surface area contributed by atoms with Crippen molar-refractivity contribution in [3.63, 3.8) is 0 Å². The van der Waals surface area contributed by atoms with Gasteiger partial charge >= 0.3 is 11.4 Å². The van der Waals surface area contributed by atoms with Gasteiger partial charge < -0.3 is 5.43 Å². The highest BCUT2D eigenvalue weighted by Gasteiger charge is 1.95. The summed E-state index contributed by atoms with van der Waals surface area (Å²) in [5.41, 5.74) is 1.38. The smallest absolute Gasteiger partial charge is 0.320 e. The van der Waals surface area contributed by atoms with Crippen LogP contribution < -0.4 is 16.8 Å². The molecule has 9 heavy (non-hydrogen) atoms. The number of H-pyrrole nitrogens is 2. The molecule has 50 valence electrons. The number of aromatic amines is 2. The summed E-state index contributed by atoms with van der Waals surface area (Å²) >= 11 is 0. The fourth-order valence-electron chi connectivity index (χ4n) is 0.514. The van der Waals surface area contributed by atoms with Crippen LogP contribution in [0.5, 0.6) is 0 Å². The maximum absolute atomic E-state index is 10.5. The fourth-order valence-corrected chi connectivity index (χ4v) is 0.514. The van der Waals surface area contributed by atoms with Crippen LogP contribution in [0.15, 0.2) is 9.59 Å². The lowest BCUT2D eigenvalue weighted by molar-refractivity contribution is 0.840. The molecule has 3 N–H and O–H groups in total. The number of rotatable bonds is 1. The maximum atomic E-state index is 10.5. The summed E-state index contributed by atoms with van der Waals surface area (Å²) in [6.07, 6.45) is 0. The van der Waals surface area contributed by atoms with E-state index < -0.39 is 11.4 Å². The summed E-state index contributed by atoms with van der Waals surface area (Å²) in [5, 5.41) is 4.19. The molecular weight excluding hydrogens is 124 g/mol. The summed E-state index contributed by atoms with van der Waals surface area (Å²) in [6.45, 7) is 0. The van der Waals surface area contributed by atoms with Crippen molar-refractivity contribution in [2.45, 2.75) is 0 Å². The van der Waals surface area contributed by atoms with Crippen LogP contribution >= 0.6 is 0 Å². The molecule has 0 bridgehead atoms. The Morgan fingerprint density at radius 3 is 2.00 bits per heavy atom. The molecule has 0 aliphatic carbocycles. The molecule has 0 radical (unpaired) electrons. The van der Waals surface area contributed by atoms with E-state index in [2.05, 4.69) is 15.6 Å². The molecule has 1 rings (SSSR count). The molecule has 0 fully saturated rings. The highest BCUT2D eigenvalue weighted by molar-refractivity contribution is 4.69. The molecule has 0 unspecified atom stereocenters. The van der Waals surface area contributed by atoms with Crippen LogP contribution in [0, 0.1) is 0 Å². The lowest BCUT2D eigenvalue weighted by Gasteiger charge is -1.89. The largest absolute Gasteiger partial charge is 0.363 e. The molecule has 0 amide bonds. The van der Waals surface area contributed by atoms with Crippen molar-refractivity contribution in [3.05, 3.63) is 21.0 Å². The molecule has 0 saturated carbocycles. The first-order valence-electron chi connectivity index (χ1n) is 2.33. The molecule has 0 aromatic carbocycles. The first-order chi connectivity index (χ1) is 4.25. The van der Waals surface area contributed by atoms with Crippen molar-refractivity contribution in [3.8, 4) is 0 Å². The van der Waals surface area contributed by atoms with E-state index in [4.69, 9.17) is 0 Å². The SMILES string of the molecule is CNn1c(=O)[nH][nH]c1=O. The van der Waals surface area contributed by atoms with Gasteiger partial charge in [0.05, 0.1) is 0 Å². The van der Waals surface area contributed by atoms with Gasteiger partial charge in [0.2, 0.25) is 0 Å². The van der Waals surface area contributed by atoms with E-state index >= 15 is 0 Å². The Labute approximate surface area is 49.5 Å². The van der Waals surface area contributed by atoms with E-state index in [1.165, 1.54) is 7.05 Å². The molecule has 0 atom stereocenters. The summed E-state index contributed by atoms with van der Waals surface area (Å²) in [5.74, 6) is 0. The van der Waals surface area contributed by atoms with Gasteiger partial charge in [-0.3, -0.25) is 0 Å². The van der Waals surface area contributed by atoms with E-state index in [1.807, 2.05) is 0 Å². The van der Waals surface area contributed by atoms with Gasteiger partial charge in [-0.15, -0.1) is 0 Å². The summed E-state index contributed by atoms with van der Waals surface area (Å²) in [7, 11) is 1.48. The highest BCUT2D eigenvalue weighted by Crippen LogP contribution is 1.48. The zero-order chi connectivity index (χ0) is 6.85. The quantitative estimate of drug-likeness (QED) is 0.412. The Kier molecular flexibility index (Phi) is 1.14. The van der Waals surface area contributed by atoms with Crippen molar-refractivity contribution in [2.24, 2.45) is 0 Å². The minimum atomic E-state index is -0.498. The molecule has 1 heterocycles. The molecule has 0 aliphatic rings. The molecule has 0 spiro atoms. The predicted molar refractivity (Wildman–Crippen MR) is 31.0 cm³/mol. The number of hydrogen-bond donors (Lipinski definition) is 3. The van der Waals surface area contributed by atoms with E-state index in [-0.39, 0.29) is 0 Å². The minimum Gasteiger partial charge on any atom is -0.320 e. The lowest BCUT2D eigenvalue weighted by Crippen LogP contribution is -2.32. The van der Waals surface area contributed by atoms with Crippen LogP contribution in [-0.4, -0.2) is 21.9 Å². The topological polar surface area (TPSA) is 82.7 Å². The summed E-state index contributed by atoms with van der Waals surface area (Å²) < 4.78 is 0.819. The molecule has 1 aromatic heterocycles. The monoisotopic (exact) mass is 130 g/mol. The standard InChI is InChI=1S/C3H6N4O2/c1-4-7-2(8)5-6-3(7)9/h4H,1H3,(H,5,8)(H,6,9). The molecule has 0 saturated heterocycles. The third kappa shape index (κ3) is 0.735. The van der Waals surface area contributed by atoms with E-state index in [0.717, 1.165) is 4.68 Å². The number of nitrogens with one attached hydrogen (secondary N) is 3. The van der Waals surface area contributed by atoms with E-state index in [9.17, 15) is 9.59 Å². The average molecular weight is 130 g/mol. The number of hydrogen-bond acceptors (Lipinski definition) is 3. The Hall–Kier alpha value is -1.46. The van der Waals surface area contributed by atoms with Crippen molar-refractivity contribution in [1.29, 1.82) is 0 Å². The lowest BCUT2D eigenvalue weighted by atomic mass is 11.1. The van der Waals surface area contributed by atoms with Crippen LogP contribution in [0.1, 0.15) is 0 Å². The predicted octanol–water partition coefficient (Wildman–Crippen LogP) is -1.96. The highest BCUT2D eigenvalue weighted by atomic mass is 16.2. The van der Waals surface area contributed by atoms with Crippen molar-refractivity contribution >= 4 is 0 Å². The second-order valence-electron chi connectivity index (χ2n) is 1.42. The molecule has 6 nitrogen and oxygen atoms in total. The van der Waals surface area contributed by atoms with Crippen molar-refractivity contribution in [1.82, 2.24) is 14.9 Å². The van der Waals surface area contributed by atoms with Crippen LogP contribution in [0.2, 0.25) is 0 Å². The van der Waals surface area contributed by atoms with Gasteiger partial charge in [-0.1, -0.05) is 0 Å². The third-order valence-corrected chi connectivity index (χ3v) is 0.906. The van der Waals surface area contributed by atoms with E-state index in [1.54, 1.807) is 0 Å². The van der Waals surface area contributed by atoms with Gasteiger partial charge in [0, 0.05) is 7.05 Å². The van der Waals surface area contributed by atoms with Crippen LogP contribution in [0.3, 0.4) is 0 Å². The minimum absolute atomic E-state index is 0.498. The zero-order valence-corrected chi connectivity index (χ0v) is 4.76. The number of nitrogens with zero attached hydrogens (tertiary/aromatic N) is 1. The first kappa shape index (κ1) is 5.67. The molecule has 6 heteroatoms. The maximum Gasteiger partial charge on any atom is 0.363 e. The second kappa shape index (κ2) is 1.81. The van der Waals surface area contributed by atoms with Gasteiger partial charge in [-0.2, -0.15) is 4.68 Å². The summed E-state index contributed by atoms with van der Waals surface area (Å²) in [6, 6.07) is 0. The van der Waals surface area contributed by atoms with E-state index in [0.29, 0.717) is 0 Å². The Morgan fingerprint density at radius 1 is 1.33 bits per heavy atom. The molecule has 0 aliphatic heterocycles.